The van der Waals surface area contributed by atoms with Gasteiger partial charge in [-0.25, -0.2) is 0 Å². The molecule has 12 heteroatoms. The lowest BCUT2D eigenvalue weighted by molar-refractivity contribution is -0.153. The SMILES string of the molecule is CN(C)C1C(=O)C(C(N)=O)=C(O)C2(O)C(=O)C3=C(O)c4c(O)c(CNC(=O)c5cccnc5)cc(CCC5CCCCC5)c4CC3CC12. The number of nitrogens with zero attached hydrogens (tertiary/aromatic N) is 2. The lowest BCUT2D eigenvalue weighted by Gasteiger charge is -2.50. The van der Waals surface area contributed by atoms with Crippen LogP contribution in [0.25, 0.3) is 5.76 Å². The Morgan fingerprint density at radius 2 is 1.83 bits per heavy atom. The zero-order valence-corrected chi connectivity index (χ0v) is 27.2. The van der Waals surface area contributed by atoms with E-state index in [0.29, 0.717) is 29.0 Å². The summed E-state index contributed by atoms with van der Waals surface area (Å²) in [5.41, 5.74) is 3.92. The van der Waals surface area contributed by atoms with Gasteiger partial charge in [-0.1, -0.05) is 38.2 Å². The molecule has 1 aromatic heterocycles. The van der Waals surface area contributed by atoms with E-state index in [-0.39, 0.29) is 36.3 Å². The smallest absolute Gasteiger partial charge is 0.255 e. The molecular formula is C36H42N4O8. The second kappa shape index (κ2) is 12.8. The minimum absolute atomic E-state index is 0.0253. The summed E-state index contributed by atoms with van der Waals surface area (Å²) in [7, 11) is 3.15. The molecule has 1 aromatic carbocycles. The second-order valence-electron chi connectivity index (χ2n) is 13.8. The normalized spacial score (nSPS) is 25.9. The third-order valence-electron chi connectivity index (χ3n) is 10.8. The Labute approximate surface area is 278 Å². The molecule has 0 bridgehead atoms. The van der Waals surface area contributed by atoms with Crippen LogP contribution in [-0.2, 0) is 33.8 Å². The van der Waals surface area contributed by atoms with Crippen LogP contribution in [0, 0.1) is 17.8 Å². The molecule has 0 radical (unpaired) electrons. The van der Waals surface area contributed by atoms with Gasteiger partial charge in [-0.2, -0.15) is 0 Å². The van der Waals surface area contributed by atoms with Crippen LogP contribution in [0.2, 0.25) is 0 Å². The van der Waals surface area contributed by atoms with Gasteiger partial charge in [-0.15, -0.1) is 0 Å². The van der Waals surface area contributed by atoms with E-state index in [1.54, 1.807) is 32.4 Å². The largest absolute Gasteiger partial charge is 0.508 e. The molecule has 48 heavy (non-hydrogen) atoms. The number of aromatic hydroxyl groups is 1. The summed E-state index contributed by atoms with van der Waals surface area (Å²) >= 11 is 0. The summed E-state index contributed by atoms with van der Waals surface area (Å²) in [4.78, 5) is 58.3. The Bertz CT molecular complexity index is 1740. The fourth-order valence-corrected chi connectivity index (χ4v) is 8.42. The van der Waals surface area contributed by atoms with Gasteiger partial charge in [0.2, 0.25) is 5.78 Å². The zero-order valence-electron chi connectivity index (χ0n) is 27.2. The Morgan fingerprint density at radius 1 is 1.10 bits per heavy atom. The van der Waals surface area contributed by atoms with Crippen LogP contribution in [0.5, 0.6) is 5.75 Å². The van der Waals surface area contributed by atoms with E-state index in [9.17, 15) is 39.6 Å². The molecule has 0 spiro atoms. The number of aliphatic hydroxyl groups excluding tert-OH is 2. The van der Waals surface area contributed by atoms with Gasteiger partial charge in [0.15, 0.2) is 11.4 Å². The number of phenols is 1. The number of aromatic nitrogens is 1. The van der Waals surface area contributed by atoms with Crippen LogP contribution < -0.4 is 11.1 Å². The van der Waals surface area contributed by atoms with Gasteiger partial charge in [0.25, 0.3) is 11.8 Å². The van der Waals surface area contributed by atoms with Crippen LogP contribution in [0.4, 0.5) is 0 Å². The average Bonchev–Trinajstić information content (AvgIpc) is 3.06. The number of ketones is 2. The second-order valence-corrected chi connectivity index (χ2v) is 13.8. The van der Waals surface area contributed by atoms with Crippen LogP contribution in [-0.4, -0.2) is 79.4 Å². The number of aliphatic hydroxyl groups is 3. The minimum Gasteiger partial charge on any atom is -0.508 e. The summed E-state index contributed by atoms with van der Waals surface area (Å²) in [5.74, 6) is -6.76. The fourth-order valence-electron chi connectivity index (χ4n) is 8.42. The van der Waals surface area contributed by atoms with E-state index in [4.69, 9.17) is 5.73 Å². The molecule has 4 unspecified atom stereocenters. The first-order valence-corrected chi connectivity index (χ1v) is 16.6. The number of carbonyl (C=O) groups is 4. The van der Waals surface area contributed by atoms with E-state index in [1.165, 1.54) is 30.4 Å². The number of nitrogens with one attached hydrogen (secondary N) is 1. The monoisotopic (exact) mass is 658 g/mol. The van der Waals surface area contributed by atoms with Crippen molar-refractivity contribution in [3.05, 3.63) is 75.3 Å². The molecule has 0 aliphatic heterocycles. The van der Waals surface area contributed by atoms with Gasteiger partial charge in [0.1, 0.15) is 22.8 Å². The lowest BCUT2D eigenvalue weighted by atomic mass is 9.57. The number of fused-ring (bicyclic) bond motifs is 3. The van der Waals surface area contributed by atoms with Crippen molar-refractivity contribution in [2.24, 2.45) is 23.5 Å². The number of nitrogens with two attached hydrogens (primary N) is 1. The molecule has 4 aliphatic rings. The summed E-state index contributed by atoms with van der Waals surface area (Å²) in [5, 5.41) is 49.3. The van der Waals surface area contributed by atoms with Crippen molar-refractivity contribution in [1.29, 1.82) is 0 Å². The molecular weight excluding hydrogens is 616 g/mol. The predicted octanol–water partition coefficient (Wildman–Crippen LogP) is 2.80. The number of rotatable bonds is 8. The van der Waals surface area contributed by atoms with Crippen LogP contribution in [0.3, 0.4) is 0 Å². The van der Waals surface area contributed by atoms with Gasteiger partial charge in [0, 0.05) is 36.0 Å². The molecule has 7 N–H and O–H groups in total. The number of hydrogen-bond donors (Lipinski definition) is 6. The highest BCUT2D eigenvalue weighted by atomic mass is 16.3. The standard InChI is InChI=1S/C36H42N4O8/c1-40(2)28-24-15-21-14-23-19(11-10-18-7-4-3-5-8-18)13-22(17-39-35(47)20-9-6-12-38-16-20)29(41)26(23)30(42)25(21)32(44)36(24,48)33(45)27(31(28)43)34(37)46/h6,9,12-13,16,18,21,24,28,41-42,45,48H,3-5,7-8,10-11,14-15,17H2,1-2H3,(H2,37,46)(H,39,47). The van der Waals surface area contributed by atoms with E-state index in [0.717, 1.165) is 24.8 Å². The number of Topliss-reactive ketones (excluding diaryl/α,β-unsaturated/α-hetero) is 2. The highest BCUT2D eigenvalue weighted by Gasteiger charge is 2.64. The van der Waals surface area contributed by atoms with Crippen molar-refractivity contribution in [3.63, 3.8) is 0 Å². The molecule has 4 atom stereocenters. The molecule has 0 saturated heterocycles. The maximum absolute atomic E-state index is 14.3. The molecule has 2 aromatic rings. The van der Waals surface area contributed by atoms with Gasteiger partial charge in [-0.3, -0.25) is 29.1 Å². The van der Waals surface area contributed by atoms with Crippen molar-refractivity contribution in [3.8, 4) is 5.75 Å². The number of likely N-dealkylation sites (N-methyl/N-ethyl adjacent to an activating group) is 1. The molecule has 12 nitrogen and oxygen atoms in total. The van der Waals surface area contributed by atoms with Crippen LogP contribution in [0.15, 0.2) is 47.5 Å². The molecule has 2 amide bonds. The number of benzene rings is 1. The topological polar surface area (TPSA) is 203 Å². The van der Waals surface area contributed by atoms with Crippen LogP contribution >= 0.6 is 0 Å². The Morgan fingerprint density at radius 3 is 2.48 bits per heavy atom. The van der Waals surface area contributed by atoms with Crippen molar-refractivity contribution >= 4 is 29.1 Å². The maximum Gasteiger partial charge on any atom is 0.255 e. The molecule has 4 aliphatic carbocycles. The first-order valence-electron chi connectivity index (χ1n) is 16.6. The summed E-state index contributed by atoms with van der Waals surface area (Å²) in [6.07, 6.45) is 10.6. The molecule has 254 valence electrons. The van der Waals surface area contributed by atoms with Gasteiger partial charge in [0.05, 0.1) is 17.2 Å². The van der Waals surface area contributed by atoms with Gasteiger partial charge >= 0.3 is 0 Å². The number of phenolic OH excluding ortho intramolecular Hbond substituents is 1. The number of aryl methyl sites for hydroxylation is 1. The lowest BCUT2D eigenvalue weighted by Crippen LogP contribution is -2.65. The van der Waals surface area contributed by atoms with Crippen molar-refractivity contribution < 1.29 is 39.6 Å². The van der Waals surface area contributed by atoms with Gasteiger partial charge in [-0.05, 0) is 74.9 Å². The number of pyridine rings is 1. The fraction of sp³-hybridized carbons (Fsp3) is 0.472. The van der Waals surface area contributed by atoms with Crippen molar-refractivity contribution in [2.45, 2.75) is 76.0 Å². The maximum atomic E-state index is 14.3. The number of hydrogen-bond acceptors (Lipinski definition) is 10. The van der Waals surface area contributed by atoms with E-state index in [2.05, 4.69) is 10.3 Å². The Hall–Kier alpha value is -4.55. The highest BCUT2D eigenvalue weighted by molar-refractivity contribution is 6.24. The minimum atomic E-state index is -2.71. The predicted molar refractivity (Wildman–Crippen MR) is 175 cm³/mol. The van der Waals surface area contributed by atoms with Crippen LogP contribution in [0.1, 0.15) is 77.6 Å². The van der Waals surface area contributed by atoms with E-state index >= 15 is 0 Å². The third-order valence-corrected chi connectivity index (χ3v) is 10.8. The number of carbonyl (C=O) groups excluding carboxylic acids is 4. The summed E-state index contributed by atoms with van der Waals surface area (Å²) in [6, 6.07) is 3.95. The first-order chi connectivity index (χ1) is 22.9. The molecule has 2 fully saturated rings. The highest BCUT2D eigenvalue weighted by Crippen LogP contribution is 2.53. The van der Waals surface area contributed by atoms with E-state index < -0.39 is 64.0 Å². The summed E-state index contributed by atoms with van der Waals surface area (Å²) < 4.78 is 0. The molecule has 2 saturated carbocycles. The Kier molecular flexibility index (Phi) is 8.90. The first kappa shape index (κ1) is 33.4. The van der Waals surface area contributed by atoms with Gasteiger partial charge < -0.3 is 31.5 Å². The van der Waals surface area contributed by atoms with E-state index in [1.807, 2.05) is 6.07 Å². The summed E-state index contributed by atoms with van der Waals surface area (Å²) in [6.45, 7) is -0.0760. The number of amides is 2. The van der Waals surface area contributed by atoms with Crippen molar-refractivity contribution in [2.75, 3.05) is 14.1 Å². The zero-order chi connectivity index (χ0) is 34.5. The van der Waals surface area contributed by atoms with Crippen molar-refractivity contribution in [1.82, 2.24) is 15.2 Å². The molecule has 6 rings (SSSR count). The Balaban J connectivity index is 1.45. The third kappa shape index (κ3) is 5.46. The molecule has 1 heterocycles. The average molecular weight is 659 g/mol. The quantitative estimate of drug-likeness (QED) is 0.229. The number of primary amides is 1.